The first-order valence-corrected chi connectivity index (χ1v) is 20.9. The number of piperidine rings is 1. The summed E-state index contributed by atoms with van der Waals surface area (Å²) in [6, 6.07) is 12.6. The number of nitrogens with one attached hydrogen (secondary N) is 3. The summed E-state index contributed by atoms with van der Waals surface area (Å²) in [7, 11) is 1.25. The SMILES string of the molecule is CCC(C)N1CCCCC1C(=O)N[C@H](C(=O)N[C@H](/C=C(\C)C(=O)N1CCC[C@H]1C(=O)N[C@@H](Cc1ccc(C(=O)c2ccccc2)cc1)C(=O)OC)C(C)C)C(C)(C)C. The summed E-state index contributed by atoms with van der Waals surface area (Å²) in [5.41, 5.74) is 1.57. The number of likely N-dealkylation sites (tertiary alicyclic amines) is 2. The molecule has 4 amide bonds. The topological polar surface area (TPSA) is 154 Å². The number of ether oxygens (including phenoxy) is 1. The van der Waals surface area contributed by atoms with Crippen molar-refractivity contribution >= 4 is 35.4 Å². The minimum absolute atomic E-state index is 0.0914. The molecule has 0 bridgehead atoms. The molecule has 2 heterocycles. The largest absolute Gasteiger partial charge is 0.467 e. The van der Waals surface area contributed by atoms with Crippen LogP contribution >= 0.6 is 0 Å². The lowest BCUT2D eigenvalue weighted by molar-refractivity contribution is -0.146. The third-order valence-corrected chi connectivity index (χ3v) is 11.5. The second-order valence-corrected chi connectivity index (χ2v) is 17.3. The zero-order valence-corrected chi connectivity index (χ0v) is 35.9. The van der Waals surface area contributed by atoms with Crippen molar-refractivity contribution in [2.24, 2.45) is 11.3 Å². The molecule has 0 aromatic heterocycles. The zero-order valence-electron chi connectivity index (χ0n) is 35.9. The lowest BCUT2D eigenvalue weighted by Gasteiger charge is -2.40. The first-order valence-electron chi connectivity index (χ1n) is 20.9. The van der Waals surface area contributed by atoms with Crippen molar-refractivity contribution in [3.8, 4) is 0 Å². The molecule has 2 saturated heterocycles. The summed E-state index contributed by atoms with van der Waals surface area (Å²) < 4.78 is 5.03. The van der Waals surface area contributed by atoms with Gasteiger partial charge in [-0.05, 0) is 69.4 Å². The van der Waals surface area contributed by atoms with Gasteiger partial charge in [-0.2, -0.15) is 0 Å². The molecule has 6 atom stereocenters. The lowest BCUT2D eigenvalue weighted by Crippen LogP contribution is -2.60. The van der Waals surface area contributed by atoms with Crippen LogP contribution in [0.15, 0.2) is 66.2 Å². The number of esters is 1. The van der Waals surface area contributed by atoms with Crippen LogP contribution in [0.25, 0.3) is 0 Å². The van der Waals surface area contributed by atoms with Gasteiger partial charge in [-0.1, -0.05) is 109 Å². The fourth-order valence-corrected chi connectivity index (χ4v) is 7.80. The normalized spacial score (nSPS) is 19.8. The van der Waals surface area contributed by atoms with Crippen LogP contribution < -0.4 is 16.0 Å². The average molecular weight is 800 g/mol. The molecule has 316 valence electrons. The minimum atomic E-state index is -1.02. The molecule has 2 fully saturated rings. The number of nitrogens with zero attached hydrogens (tertiary/aromatic N) is 2. The van der Waals surface area contributed by atoms with Gasteiger partial charge in [-0.25, -0.2) is 4.79 Å². The van der Waals surface area contributed by atoms with E-state index in [-0.39, 0.29) is 47.9 Å². The highest BCUT2D eigenvalue weighted by Gasteiger charge is 2.39. The van der Waals surface area contributed by atoms with E-state index in [1.807, 2.05) is 40.7 Å². The van der Waals surface area contributed by atoms with Gasteiger partial charge in [0.25, 0.3) is 0 Å². The Bertz CT molecular complexity index is 1790. The number of hydrogen-bond donors (Lipinski definition) is 3. The molecule has 0 spiro atoms. The number of methoxy groups -OCH3 is 1. The number of ketones is 1. The van der Waals surface area contributed by atoms with E-state index in [1.165, 1.54) is 12.0 Å². The Labute approximate surface area is 344 Å². The quantitative estimate of drug-likeness (QED) is 0.116. The van der Waals surface area contributed by atoms with Crippen molar-refractivity contribution in [2.75, 3.05) is 20.2 Å². The van der Waals surface area contributed by atoms with Crippen molar-refractivity contribution in [1.82, 2.24) is 25.8 Å². The average Bonchev–Trinajstić information content (AvgIpc) is 3.71. The zero-order chi connectivity index (χ0) is 42.7. The molecule has 2 aliphatic rings. The maximum Gasteiger partial charge on any atom is 0.328 e. The van der Waals surface area contributed by atoms with Crippen molar-refractivity contribution < 1.29 is 33.5 Å². The standard InChI is InChI=1S/C46H65N5O7/c1-10-31(5)50-25-15-14-19-37(50)42(54)49-40(46(6,7)8)43(55)47-35(29(2)3)27-30(4)44(56)51-26-16-20-38(51)41(53)48-36(45(57)58-9)28-32-21-23-34(24-22-32)39(52)33-17-12-11-13-18-33/h11-13,17-18,21-24,27,29,31,35-38,40H,10,14-16,19-20,25-26,28H2,1-9H3,(H,47,55)(H,48,53)(H,49,54)/b30-27+/t31?,35-,36+,37?,38+,40-/m1/s1. The Hall–Kier alpha value is -4.84. The second kappa shape index (κ2) is 20.7. The van der Waals surface area contributed by atoms with Crippen molar-refractivity contribution in [3.05, 3.63) is 82.9 Å². The molecule has 3 N–H and O–H groups in total. The van der Waals surface area contributed by atoms with Crippen molar-refractivity contribution in [2.45, 2.75) is 137 Å². The summed E-state index contributed by atoms with van der Waals surface area (Å²) in [5, 5.41) is 9.02. The van der Waals surface area contributed by atoms with Crippen LogP contribution in [0.1, 0.15) is 115 Å². The molecule has 2 aromatic rings. The summed E-state index contributed by atoms with van der Waals surface area (Å²) in [5.74, 6) is -2.11. The van der Waals surface area contributed by atoms with Gasteiger partial charge >= 0.3 is 5.97 Å². The fraction of sp³-hybridized carbons (Fsp3) is 0.565. The minimum Gasteiger partial charge on any atom is -0.467 e. The Morgan fingerprint density at radius 3 is 2.03 bits per heavy atom. The summed E-state index contributed by atoms with van der Waals surface area (Å²) in [4.78, 5) is 85.0. The van der Waals surface area contributed by atoms with E-state index in [2.05, 4.69) is 34.7 Å². The van der Waals surface area contributed by atoms with E-state index in [0.717, 1.165) is 37.8 Å². The molecule has 12 nitrogen and oxygen atoms in total. The van der Waals surface area contributed by atoms with Crippen LogP contribution in [0.3, 0.4) is 0 Å². The van der Waals surface area contributed by atoms with Crippen LogP contribution in [0.2, 0.25) is 0 Å². The molecule has 4 rings (SSSR count). The van der Waals surface area contributed by atoms with E-state index in [4.69, 9.17) is 4.74 Å². The molecule has 2 aliphatic heterocycles. The summed E-state index contributed by atoms with van der Waals surface area (Å²) in [6.07, 6.45) is 6.56. The van der Waals surface area contributed by atoms with Gasteiger partial charge in [0.15, 0.2) is 5.78 Å². The summed E-state index contributed by atoms with van der Waals surface area (Å²) >= 11 is 0. The monoisotopic (exact) mass is 799 g/mol. The van der Waals surface area contributed by atoms with Crippen LogP contribution in [-0.4, -0.2) is 102 Å². The maximum atomic E-state index is 14.0. The van der Waals surface area contributed by atoms with Gasteiger partial charge < -0.3 is 25.6 Å². The van der Waals surface area contributed by atoms with Gasteiger partial charge in [0, 0.05) is 35.7 Å². The van der Waals surface area contributed by atoms with E-state index < -0.39 is 41.5 Å². The van der Waals surface area contributed by atoms with E-state index >= 15 is 0 Å². The molecule has 0 radical (unpaired) electrons. The molecule has 0 saturated carbocycles. The van der Waals surface area contributed by atoms with E-state index in [0.29, 0.717) is 36.1 Å². The highest BCUT2D eigenvalue weighted by molar-refractivity contribution is 6.09. The first-order chi connectivity index (χ1) is 27.5. The van der Waals surface area contributed by atoms with Gasteiger partial charge in [0.05, 0.1) is 19.2 Å². The predicted octanol–water partition coefficient (Wildman–Crippen LogP) is 5.38. The molecular formula is C46H65N5O7. The number of carbonyl (C=O) groups is 6. The highest BCUT2D eigenvalue weighted by Crippen LogP contribution is 2.26. The Morgan fingerprint density at radius 2 is 1.43 bits per heavy atom. The number of amides is 4. The van der Waals surface area contributed by atoms with Gasteiger partial charge in [0.2, 0.25) is 23.6 Å². The third kappa shape index (κ3) is 11.9. The van der Waals surface area contributed by atoms with Crippen LogP contribution in [-0.2, 0) is 35.1 Å². The Morgan fingerprint density at radius 1 is 0.810 bits per heavy atom. The molecule has 2 aromatic carbocycles. The maximum absolute atomic E-state index is 14.0. The molecular weight excluding hydrogens is 735 g/mol. The highest BCUT2D eigenvalue weighted by atomic mass is 16.5. The van der Waals surface area contributed by atoms with E-state index in [1.54, 1.807) is 61.5 Å². The fourth-order valence-electron chi connectivity index (χ4n) is 7.80. The van der Waals surface area contributed by atoms with Crippen molar-refractivity contribution in [3.63, 3.8) is 0 Å². The number of rotatable bonds is 16. The molecule has 58 heavy (non-hydrogen) atoms. The Kier molecular flexibility index (Phi) is 16.4. The molecule has 0 aliphatic carbocycles. The van der Waals surface area contributed by atoms with Crippen LogP contribution in [0.4, 0.5) is 0 Å². The van der Waals surface area contributed by atoms with Gasteiger partial charge in [0.1, 0.15) is 18.1 Å². The second-order valence-electron chi connectivity index (χ2n) is 17.3. The van der Waals surface area contributed by atoms with Crippen molar-refractivity contribution in [1.29, 1.82) is 0 Å². The molecule has 12 heteroatoms. The van der Waals surface area contributed by atoms with Gasteiger partial charge in [-0.3, -0.25) is 28.9 Å². The number of carbonyl (C=O) groups excluding carboxylic acids is 6. The Balaban J connectivity index is 1.43. The lowest BCUT2D eigenvalue weighted by atomic mass is 9.85. The number of benzene rings is 2. The molecule has 2 unspecified atom stereocenters. The van der Waals surface area contributed by atoms with Gasteiger partial charge in [-0.15, -0.1) is 0 Å². The number of hydrogen-bond acceptors (Lipinski definition) is 8. The first kappa shape index (κ1) is 45.9. The predicted molar refractivity (Wildman–Crippen MR) is 225 cm³/mol. The van der Waals surface area contributed by atoms with Crippen LogP contribution in [0, 0.1) is 11.3 Å². The van der Waals surface area contributed by atoms with Crippen LogP contribution in [0.5, 0.6) is 0 Å². The van der Waals surface area contributed by atoms with E-state index in [9.17, 15) is 28.8 Å². The smallest absolute Gasteiger partial charge is 0.328 e. The summed E-state index contributed by atoms with van der Waals surface area (Å²) in [6.45, 7) is 16.8. The third-order valence-electron chi connectivity index (χ3n) is 11.5.